The van der Waals surface area contributed by atoms with Crippen LogP contribution in [0.15, 0.2) is 47.3 Å². The number of amides is 2. The lowest BCUT2D eigenvalue weighted by atomic mass is 10.1. The summed E-state index contributed by atoms with van der Waals surface area (Å²) >= 11 is 0. The minimum absolute atomic E-state index is 0.0172. The number of hydrogen-bond acceptors (Lipinski definition) is 5. The van der Waals surface area contributed by atoms with Gasteiger partial charge in [-0.15, -0.1) is 0 Å². The predicted octanol–water partition coefficient (Wildman–Crippen LogP) is 4.70. The monoisotopic (exact) mass is 518 g/mol. The largest absolute Gasteiger partial charge is 0.375 e. The first-order valence-corrected chi connectivity index (χ1v) is 13.6. The number of fused-ring (bicyclic) bond motifs is 2. The van der Waals surface area contributed by atoms with Crippen LogP contribution in [-0.4, -0.2) is 53.1 Å². The number of rotatable bonds is 4. The fourth-order valence-corrected chi connectivity index (χ4v) is 5.23. The fraction of sp³-hybridized carbons (Fsp3) is 0.467. The molecule has 8 nitrogen and oxygen atoms in total. The average Bonchev–Trinajstić information content (AvgIpc) is 2.93. The number of methoxy groups -OCH3 is 1. The highest BCUT2D eigenvalue weighted by molar-refractivity contribution is 5.98. The Balaban J connectivity index is 1.71. The van der Waals surface area contributed by atoms with Gasteiger partial charge in [0, 0.05) is 44.5 Å². The van der Waals surface area contributed by atoms with Crippen molar-refractivity contribution in [2.24, 2.45) is 0 Å². The van der Waals surface area contributed by atoms with Gasteiger partial charge in [-0.2, -0.15) is 0 Å². The number of benzene rings is 2. The number of ether oxygens (including phenoxy) is 1. The molecule has 0 radical (unpaired) electrons. The molecular formula is C30H38N4O4. The summed E-state index contributed by atoms with van der Waals surface area (Å²) in [5, 5.41) is 0. The molecule has 0 spiro atoms. The van der Waals surface area contributed by atoms with Gasteiger partial charge in [0.1, 0.15) is 12.3 Å². The molecule has 2 aromatic carbocycles. The molecule has 1 aliphatic rings. The van der Waals surface area contributed by atoms with Gasteiger partial charge in [0.2, 0.25) is 0 Å². The van der Waals surface area contributed by atoms with Crippen LogP contribution in [0.5, 0.6) is 0 Å². The average molecular weight is 519 g/mol. The van der Waals surface area contributed by atoms with Crippen LogP contribution in [0.4, 0.5) is 5.69 Å². The van der Waals surface area contributed by atoms with Crippen molar-refractivity contribution < 1.29 is 14.3 Å². The van der Waals surface area contributed by atoms with E-state index in [1.54, 1.807) is 23.6 Å². The van der Waals surface area contributed by atoms with Gasteiger partial charge in [0.25, 0.3) is 17.4 Å². The van der Waals surface area contributed by atoms with Crippen molar-refractivity contribution in [3.63, 3.8) is 0 Å². The van der Waals surface area contributed by atoms with Gasteiger partial charge in [-0.3, -0.25) is 14.4 Å². The van der Waals surface area contributed by atoms with Gasteiger partial charge >= 0.3 is 0 Å². The van der Waals surface area contributed by atoms with Gasteiger partial charge < -0.3 is 19.1 Å². The number of hydrogen-bond donors (Lipinski definition) is 0. The molecule has 3 aromatic rings. The minimum Gasteiger partial charge on any atom is -0.375 e. The van der Waals surface area contributed by atoms with E-state index in [4.69, 9.17) is 4.74 Å². The van der Waals surface area contributed by atoms with Gasteiger partial charge in [-0.25, -0.2) is 4.98 Å². The van der Waals surface area contributed by atoms with Crippen LogP contribution in [0.3, 0.4) is 0 Å². The second-order valence-electron chi connectivity index (χ2n) is 9.91. The number of anilines is 1. The smallest absolute Gasteiger partial charge is 0.272 e. The lowest BCUT2D eigenvalue weighted by Crippen LogP contribution is -2.37. The fourth-order valence-electron chi connectivity index (χ4n) is 5.23. The van der Waals surface area contributed by atoms with Crippen molar-refractivity contribution in [1.82, 2.24) is 14.5 Å². The normalized spacial score (nSPS) is 15.3. The number of nitrogens with zero attached hydrogens (tertiary/aromatic N) is 4. The highest BCUT2D eigenvalue weighted by Crippen LogP contribution is 2.25. The molecule has 2 amide bonds. The molecule has 38 heavy (non-hydrogen) atoms. The first-order chi connectivity index (χ1) is 18.4. The third kappa shape index (κ3) is 6.13. The lowest BCUT2D eigenvalue weighted by molar-refractivity contribution is -0.122. The zero-order chi connectivity index (χ0) is 27.1. The Morgan fingerprint density at radius 1 is 0.974 bits per heavy atom. The second-order valence-corrected chi connectivity index (χ2v) is 9.91. The summed E-state index contributed by atoms with van der Waals surface area (Å²) in [6.07, 6.45) is 6.18. The van der Waals surface area contributed by atoms with Gasteiger partial charge in [0.05, 0.1) is 11.0 Å². The van der Waals surface area contributed by atoms with E-state index >= 15 is 0 Å². The summed E-state index contributed by atoms with van der Waals surface area (Å²) in [6.45, 7) is 5.83. The quantitative estimate of drug-likeness (QED) is 0.500. The first-order valence-electron chi connectivity index (χ1n) is 13.6. The number of aryl methyl sites for hydroxylation is 2. The van der Waals surface area contributed by atoms with E-state index in [9.17, 15) is 14.4 Å². The Morgan fingerprint density at radius 3 is 2.42 bits per heavy atom. The molecule has 0 N–H and O–H groups in total. The second kappa shape index (κ2) is 12.8. The van der Waals surface area contributed by atoms with Gasteiger partial charge in [0.15, 0.2) is 0 Å². The molecular weight excluding hydrogens is 480 g/mol. The van der Waals surface area contributed by atoms with E-state index in [1.807, 2.05) is 47.1 Å². The third-order valence-electron chi connectivity index (χ3n) is 7.23. The Bertz CT molecular complexity index is 1350. The summed E-state index contributed by atoms with van der Waals surface area (Å²) in [5.74, 6) is -0.161. The molecule has 2 heterocycles. The molecule has 1 aliphatic heterocycles. The molecule has 0 aliphatic carbocycles. The van der Waals surface area contributed by atoms with Crippen LogP contribution in [0.25, 0.3) is 11.0 Å². The summed E-state index contributed by atoms with van der Waals surface area (Å²) < 4.78 is 6.85. The molecule has 4 rings (SSSR count). The van der Waals surface area contributed by atoms with Crippen LogP contribution < -0.4 is 10.5 Å². The first kappa shape index (κ1) is 27.5. The van der Waals surface area contributed by atoms with Crippen LogP contribution in [0.2, 0.25) is 0 Å². The van der Waals surface area contributed by atoms with E-state index in [1.165, 1.54) is 7.11 Å². The minimum atomic E-state index is -0.109. The zero-order valence-corrected chi connectivity index (χ0v) is 22.7. The molecule has 0 bridgehead atoms. The molecule has 1 aromatic heterocycles. The van der Waals surface area contributed by atoms with E-state index in [0.717, 1.165) is 55.3 Å². The van der Waals surface area contributed by atoms with Crippen molar-refractivity contribution >= 4 is 28.5 Å². The van der Waals surface area contributed by atoms with Crippen molar-refractivity contribution in [2.75, 3.05) is 31.7 Å². The van der Waals surface area contributed by atoms with E-state index in [2.05, 4.69) is 4.98 Å². The van der Waals surface area contributed by atoms with Crippen molar-refractivity contribution in [2.45, 2.75) is 65.5 Å². The number of para-hydroxylation sites is 1. The van der Waals surface area contributed by atoms with Crippen molar-refractivity contribution in [3.05, 3.63) is 69.6 Å². The summed E-state index contributed by atoms with van der Waals surface area (Å²) in [7, 11) is 1.53. The Kier molecular flexibility index (Phi) is 9.29. The van der Waals surface area contributed by atoms with Crippen LogP contribution >= 0.6 is 0 Å². The number of aromatic nitrogens is 2. The van der Waals surface area contributed by atoms with Crippen molar-refractivity contribution in [3.8, 4) is 0 Å². The summed E-state index contributed by atoms with van der Waals surface area (Å²) in [6, 6.07) is 13.2. The maximum absolute atomic E-state index is 13.9. The van der Waals surface area contributed by atoms with E-state index in [-0.39, 0.29) is 24.0 Å². The van der Waals surface area contributed by atoms with Crippen LogP contribution in [-0.2, 0) is 22.6 Å². The van der Waals surface area contributed by atoms with E-state index < -0.39 is 0 Å². The van der Waals surface area contributed by atoms with Crippen LogP contribution in [0, 0.1) is 6.92 Å². The molecule has 0 unspecified atom stereocenters. The molecule has 0 fully saturated rings. The lowest BCUT2D eigenvalue weighted by Gasteiger charge is -2.28. The Labute approximate surface area is 224 Å². The Morgan fingerprint density at radius 2 is 1.68 bits per heavy atom. The van der Waals surface area contributed by atoms with Crippen molar-refractivity contribution in [1.29, 1.82) is 0 Å². The highest BCUT2D eigenvalue weighted by Gasteiger charge is 2.23. The van der Waals surface area contributed by atoms with E-state index in [0.29, 0.717) is 43.0 Å². The zero-order valence-electron chi connectivity index (χ0n) is 22.7. The summed E-state index contributed by atoms with van der Waals surface area (Å²) in [4.78, 5) is 47.6. The molecule has 0 saturated carbocycles. The number of carbonyl (C=O) groups is 2. The third-order valence-corrected chi connectivity index (χ3v) is 7.23. The predicted molar refractivity (Wildman–Crippen MR) is 150 cm³/mol. The maximum Gasteiger partial charge on any atom is 0.272 e. The summed E-state index contributed by atoms with van der Waals surface area (Å²) in [5.41, 5.74) is 3.97. The van der Waals surface area contributed by atoms with Gasteiger partial charge in [-0.1, -0.05) is 43.9 Å². The number of carbonyl (C=O) groups excluding carboxylic acids is 2. The molecule has 0 saturated heterocycles. The standard InChI is InChI=1S/C30H38N4O4/c1-4-33-27-16-15-23(19-25(27)31-22(2)29(33)36)30(37)32-17-11-7-5-6-8-12-18-34(28(35)21-38-3)26-14-10-9-13-24(26)20-32/h9-10,13-16,19H,4-8,11-12,17-18,20-21H2,1-3H3. The topological polar surface area (TPSA) is 84.7 Å². The molecule has 0 atom stereocenters. The molecule has 8 heteroatoms. The van der Waals surface area contributed by atoms with Gasteiger partial charge in [-0.05, 0) is 56.5 Å². The molecule has 202 valence electrons. The maximum atomic E-state index is 13.9. The SMILES string of the molecule is CCn1c(=O)c(C)nc2cc(C(=O)N3CCCCCCCCN(C(=O)COC)c4ccccc4C3)ccc21. The van der Waals surface area contributed by atoms with Crippen LogP contribution in [0.1, 0.15) is 67.1 Å². The Hall–Kier alpha value is -3.52. The highest BCUT2D eigenvalue weighted by atomic mass is 16.5.